The van der Waals surface area contributed by atoms with E-state index in [-0.39, 0.29) is 31.4 Å². The van der Waals surface area contributed by atoms with Gasteiger partial charge in [-0.1, -0.05) is 49.5 Å². The minimum atomic E-state index is -4.29. The van der Waals surface area contributed by atoms with Crippen LogP contribution in [0.15, 0.2) is 71.1 Å². The molecule has 4 rings (SSSR count). The van der Waals surface area contributed by atoms with E-state index in [1.54, 1.807) is 51.1 Å². The van der Waals surface area contributed by atoms with Crippen LogP contribution in [0.1, 0.15) is 54.9 Å². The van der Waals surface area contributed by atoms with Gasteiger partial charge in [0.05, 0.1) is 12.5 Å². The molecule has 0 aliphatic carbocycles. The average molecular weight is 684 g/mol. The molecule has 1 heterocycles. The summed E-state index contributed by atoms with van der Waals surface area (Å²) in [5, 5.41) is 3.43. The minimum absolute atomic E-state index is 0.0955. The molecule has 256 valence electrons. The highest BCUT2D eigenvalue weighted by Gasteiger charge is 2.50. The number of esters is 1. The van der Waals surface area contributed by atoms with Crippen LogP contribution in [-0.2, 0) is 33.8 Å². The van der Waals surface area contributed by atoms with Crippen molar-refractivity contribution in [2.24, 2.45) is 0 Å². The summed E-state index contributed by atoms with van der Waals surface area (Å²) in [6, 6.07) is 19.5. The van der Waals surface area contributed by atoms with E-state index in [1.165, 1.54) is 20.0 Å². The molecule has 3 aromatic carbocycles. The number of hydrogen-bond acceptors (Lipinski definition) is 7. The van der Waals surface area contributed by atoms with Gasteiger partial charge in [-0.25, -0.2) is 4.79 Å². The fourth-order valence-electron chi connectivity index (χ4n) is 5.18. The lowest BCUT2D eigenvalue weighted by atomic mass is 9.99. The monoisotopic (exact) mass is 683 g/mol. The number of hydrogen-bond donors (Lipinski definition) is 1. The molecule has 8 nitrogen and oxygen atoms in total. The smallest absolute Gasteiger partial charge is 0.407 e. The van der Waals surface area contributed by atoms with Crippen LogP contribution in [-0.4, -0.2) is 43.9 Å². The van der Waals surface area contributed by atoms with Crippen molar-refractivity contribution in [2.75, 3.05) is 0 Å². The molecule has 4 aromatic rings. The van der Waals surface area contributed by atoms with Gasteiger partial charge in [0, 0.05) is 23.1 Å². The Kier molecular flexibility index (Phi) is 11.1. The van der Waals surface area contributed by atoms with Crippen LogP contribution in [0.25, 0.3) is 22.1 Å². The predicted octanol–water partition coefficient (Wildman–Crippen LogP) is 8.80. The third-order valence-electron chi connectivity index (χ3n) is 7.48. The highest BCUT2D eigenvalue weighted by atomic mass is 28.3. The van der Waals surface area contributed by atoms with Crippen molar-refractivity contribution in [2.45, 2.75) is 83.9 Å². The number of fused-ring (bicyclic) bond motifs is 1. The summed E-state index contributed by atoms with van der Waals surface area (Å²) in [6.45, 7) is 9.59. The van der Waals surface area contributed by atoms with Crippen LogP contribution < -0.4 is 10.1 Å². The molecule has 0 radical (unpaired) electrons. The van der Waals surface area contributed by atoms with Gasteiger partial charge >= 0.3 is 17.9 Å². The van der Waals surface area contributed by atoms with Crippen LogP contribution in [0.5, 0.6) is 5.75 Å². The zero-order valence-corrected chi connectivity index (χ0v) is 28.8. The number of furan rings is 1. The number of amides is 1. The Morgan fingerprint density at radius 3 is 2.40 bits per heavy atom. The Bertz CT molecular complexity index is 1780. The first-order valence-electron chi connectivity index (χ1n) is 15.5. The molecule has 0 fully saturated rings. The molecular formula is C36H40F3NO7Si. The first-order chi connectivity index (χ1) is 22.4. The number of rotatable bonds is 12. The standard InChI is InChI=1S/C36H40F3NO7Si/c1-23(22-48(5,6)36(37,38)39)45-32(42)18-27-11-7-8-13-31(27)44-21-25-15-28-17-29(20-41)46-33(28)30(16-25)26-12-9-10-24(14-26)19-40-34(43)47-35(2,3)4/h7-17,20,23H,18-19,21-22H2,1-6H3,(H,40,43). The molecule has 1 N–H and O–H groups in total. The zero-order chi connectivity index (χ0) is 35.3. The van der Waals surface area contributed by atoms with E-state index in [0.717, 1.165) is 16.7 Å². The molecular weight excluding hydrogens is 643 g/mol. The number of benzene rings is 3. The number of ether oxygens (including phenoxy) is 3. The molecule has 0 aliphatic rings. The van der Waals surface area contributed by atoms with Crippen LogP contribution in [0.2, 0.25) is 19.1 Å². The summed E-state index contributed by atoms with van der Waals surface area (Å²) in [6.07, 6.45) is -0.959. The van der Waals surface area contributed by atoms with Crippen molar-refractivity contribution in [3.63, 3.8) is 0 Å². The second-order valence-corrected chi connectivity index (χ2v) is 18.1. The normalized spacial score (nSPS) is 12.8. The van der Waals surface area contributed by atoms with Crippen molar-refractivity contribution in [3.8, 4) is 16.9 Å². The van der Waals surface area contributed by atoms with Gasteiger partial charge < -0.3 is 23.9 Å². The highest BCUT2D eigenvalue weighted by molar-refractivity contribution is 6.79. The first-order valence-corrected chi connectivity index (χ1v) is 18.7. The van der Waals surface area contributed by atoms with Crippen molar-refractivity contribution >= 4 is 37.4 Å². The first kappa shape index (κ1) is 36.3. The fraction of sp³-hybridized carbons (Fsp3) is 0.361. The number of para-hydroxylation sites is 1. The summed E-state index contributed by atoms with van der Waals surface area (Å²) in [5.41, 5.74) is 3.46. The maximum absolute atomic E-state index is 13.4. The summed E-state index contributed by atoms with van der Waals surface area (Å²) >= 11 is 0. The van der Waals surface area contributed by atoms with Crippen LogP contribution in [0, 0.1) is 0 Å². The topological polar surface area (TPSA) is 104 Å². The van der Waals surface area contributed by atoms with Crippen molar-refractivity contribution < 1.29 is 46.2 Å². The van der Waals surface area contributed by atoms with E-state index in [9.17, 15) is 27.6 Å². The maximum Gasteiger partial charge on any atom is 0.407 e. The number of carbonyl (C=O) groups is 3. The molecule has 0 spiro atoms. The van der Waals surface area contributed by atoms with Gasteiger partial charge in [-0.3, -0.25) is 9.59 Å². The Morgan fingerprint density at radius 1 is 0.979 bits per heavy atom. The average Bonchev–Trinajstić information content (AvgIpc) is 3.41. The van der Waals surface area contributed by atoms with Crippen LogP contribution in [0.3, 0.4) is 0 Å². The zero-order valence-electron chi connectivity index (χ0n) is 27.8. The van der Waals surface area contributed by atoms with Crippen molar-refractivity contribution in [1.29, 1.82) is 0 Å². The second kappa shape index (κ2) is 14.7. The van der Waals surface area contributed by atoms with Gasteiger partial charge in [0.25, 0.3) is 0 Å². The summed E-state index contributed by atoms with van der Waals surface area (Å²) in [4.78, 5) is 36.5. The van der Waals surface area contributed by atoms with Gasteiger partial charge in [0.2, 0.25) is 0 Å². The molecule has 0 saturated carbocycles. The number of alkyl halides is 3. The largest absolute Gasteiger partial charge is 0.489 e. The van der Waals surface area contributed by atoms with Crippen LogP contribution in [0.4, 0.5) is 18.0 Å². The predicted molar refractivity (Wildman–Crippen MR) is 178 cm³/mol. The van der Waals surface area contributed by atoms with Gasteiger partial charge in [0.1, 0.15) is 23.5 Å². The SMILES string of the molecule is CC(C[Si](C)(C)C(F)(F)F)OC(=O)Cc1ccccc1OCc1cc(-c2cccc(CNC(=O)OC(C)(C)C)c2)c2oc(C=O)cc2c1. The van der Waals surface area contributed by atoms with E-state index in [1.807, 2.05) is 36.4 Å². The van der Waals surface area contributed by atoms with E-state index >= 15 is 0 Å². The van der Waals surface area contributed by atoms with Gasteiger partial charge in [-0.15, -0.1) is 0 Å². The molecule has 0 aliphatic heterocycles. The third-order valence-corrected chi connectivity index (χ3v) is 10.6. The molecule has 48 heavy (non-hydrogen) atoms. The lowest BCUT2D eigenvalue weighted by Crippen LogP contribution is -2.47. The molecule has 12 heteroatoms. The Labute approximate surface area is 278 Å². The van der Waals surface area contributed by atoms with E-state index in [2.05, 4.69) is 5.32 Å². The molecule has 1 aromatic heterocycles. The maximum atomic E-state index is 13.4. The third kappa shape index (κ3) is 9.72. The van der Waals surface area contributed by atoms with Crippen molar-refractivity contribution in [3.05, 3.63) is 89.2 Å². The lowest BCUT2D eigenvalue weighted by molar-refractivity contribution is -0.146. The number of aldehydes is 1. The van der Waals surface area contributed by atoms with Crippen molar-refractivity contribution in [1.82, 2.24) is 5.32 Å². The molecule has 1 amide bonds. The Morgan fingerprint density at radius 2 is 1.71 bits per heavy atom. The van der Waals surface area contributed by atoms with E-state index < -0.39 is 37.6 Å². The summed E-state index contributed by atoms with van der Waals surface area (Å²) in [5.74, 6) is -4.35. The Balaban J connectivity index is 1.51. The van der Waals surface area contributed by atoms with Gasteiger partial charge in [-0.2, -0.15) is 13.2 Å². The Hall–Kier alpha value is -4.58. The molecule has 0 saturated heterocycles. The molecule has 1 atom stereocenters. The summed E-state index contributed by atoms with van der Waals surface area (Å²) < 4.78 is 62.8. The second-order valence-electron chi connectivity index (χ2n) is 13.3. The lowest BCUT2D eigenvalue weighted by Gasteiger charge is -2.28. The van der Waals surface area contributed by atoms with Crippen LogP contribution >= 0.6 is 0 Å². The molecule has 0 bridgehead atoms. The summed E-state index contributed by atoms with van der Waals surface area (Å²) in [7, 11) is -3.61. The van der Waals surface area contributed by atoms with E-state index in [4.69, 9.17) is 18.6 Å². The van der Waals surface area contributed by atoms with Gasteiger partial charge in [-0.05, 0) is 80.8 Å². The van der Waals surface area contributed by atoms with E-state index in [0.29, 0.717) is 34.1 Å². The number of carbonyl (C=O) groups excluding carboxylic acids is 3. The highest BCUT2D eigenvalue weighted by Crippen LogP contribution is 2.35. The number of halogens is 3. The quantitative estimate of drug-likeness (QED) is 0.0904. The number of nitrogens with one attached hydrogen (secondary N) is 1. The van der Waals surface area contributed by atoms with Gasteiger partial charge in [0.15, 0.2) is 20.1 Å². The minimum Gasteiger partial charge on any atom is -0.489 e. The molecule has 1 unspecified atom stereocenters. The fourth-order valence-corrected chi connectivity index (χ4v) is 6.93. The number of alkyl carbamates (subject to hydrolysis) is 1.